The van der Waals surface area contributed by atoms with Gasteiger partial charge in [0.1, 0.15) is 11.8 Å². The molecular weight excluding hydrogens is 326 g/mol. The number of aromatic nitrogens is 2. The van der Waals surface area contributed by atoms with Crippen molar-refractivity contribution in [1.82, 2.24) is 14.9 Å². The number of carbonyl (C=O) groups excluding carboxylic acids is 1. The van der Waals surface area contributed by atoms with E-state index < -0.39 is 0 Å². The molecule has 0 spiro atoms. The van der Waals surface area contributed by atoms with Crippen molar-refractivity contribution in [2.45, 2.75) is 13.1 Å². The molecule has 128 valence electrons. The third kappa shape index (κ3) is 3.32. The van der Waals surface area contributed by atoms with Crippen LogP contribution in [-0.2, 0) is 13.1 Å². The summed E-state index contributed by atoms with van der Waals surface area (Å²) in [5, 5.41) is 0.819. The lowest BCUT2D eigenvalue weighted by atomic mass is 10.1. The molecule has 3 aromatic heterocycles. The molecule has 0 saturated carbocycles. The molecule has 0 N–H and O–H groups in total. The highest BCUT2D eigenvalue weighted by atomic mass is 16.3. The van der Waals surface area contributed by atoms with E-state index in [1.165, 1.54) is 6.26 Å². The summed E-state index contributed by atoms with van der Waals surface area (Å²) in [7, 11) is 0. The van der Waals surface area contributed by atoms with Crippen molar-refractivity contribution in [3.05, 3.63) is 96.3 Å². The number of furan rings is 1. The second-order valence-electron chi connectivity index (χ2n) is 6.03. The number of benzene rings is 1. The van der Waals surface area contributed by atoms with E-state index in [1.807, 2.05) is 48.5 Å². The number of nitrogens with zero attached hydrogens (tertiary/aromatic N) is 3. The predicted octanol–water partition coefficient (Wildman–Crippen LogP) is 4.07. The number of rotatable bonds is 5. The number of fused-ring (bicyclic) bond motifs is 1. The van der Waals surface area contributed by atoms with Crippen LogP contribution in [0.4, 0.5) is 0 Å². The Morgan fingerprint density at radius 3 is 2.15 bits per heavy atom. The fourth-order valence-corrected chi connectivity index (χ4v) is 2.94. The zero-order valence-electron chi connectivity index (χ0n) is 14.1. The monoisotopic (exact) mass is 343 g/mol. The van der Waals surface area contributed by atoms with Crippen LogP contribution in [0.3, 0.4) is 0 Å². The predicted molar refractivity (Wildman–Crippen MR) is 98.3 cm³/mol. The molecule has 0 aliphatic rings. The lowest BCUT2D eigenvalue weighted by Gasteiger charge is -2.22. The SMILES string of the molecule is O=C(c1coc2ccccc12)N(Cc1cccnc1)Cc1cccnc1. The molecular formula is C21H17N3O2. The second kappa shape index (κ2) is 7.19. The van der Waals surface area contributed by atoms with Gasteiger partial charge >= 0.3 is 0 Å². The maximum atomic E-state index is 13.3. The van der Waals surface area contributed by atoms with Crippen molar-refractivity contribution in [3.63, 3.8) is 0 Å². The topological polar surface area (TPSA) is 59.2 Å². The van der Waals surface area contributed by atoms with Crippen LogP contribution in [0, 0.1) is 0 Å². The molecule has 1 aromatic carbocycles. The zero-order valence-corrected chi connectivity index (χ0v) is 14.1. The summed E-state index contributed by atoms with van der Waals surface area (Å²) in [4.78, 5) is 23.3. The van der Waals surface area contributed by atoms with Gasteiger partial charge in [-0.1, -0.05) is 30.3 Å². The van der Waals surface area contributed by atoms with Gasteiger partial charge in [0.25, 0.3) is 5.91 Å². The highest BCUT2D eigenvalue weighted by Crippen LogP contribution is 2.23. The van der Waals surface area contributed by atoms with Gasteiger partial charge in [-0.3, -0.25) is 14.8 Å². The number of hydrogen-bond donors (Lipinski definition) is 0. The lowest BCUT2D eigenvalue weighted by Crippen LogP contribution is -2.30. The first-order valence-electron chi connectivity index (χ1n) is 8.34. The molecule has 0 fully saturated rings. The van der Waals surface area contributed by atoms with E-state index in [9.17, 15) is 4.79 Å². The highest BCUT2D eigenvalue weighted by molar-refractivity contribution is 6.05. The Kier molecular flexibility index (Phi) is 4.43. The lowest BCUT2D eigenvalue weighted by molar-refractivity contribution is 0.0730. The quantitative estimate of drug-likeness (QED) is 0.548. The summed E-state index contributed by atoms with van der Waals surface area (Å²) in [6.45, 7) is 0.919. The zero-order chi connectivity index (χ0) is 17.8. The van der Waals surface area contributed by atoms with E-state index in [1.54, 1.807) is 29.7 Å². The van der Waals surface area contributed by atoms with Gasteiger partial charge in [0.15, 0.2) is 0 Å². The van der Waals surface area contributed by atoms with Crippen molar-refractivity contribution in [2.24, 2.45) is 0 Å². The number of hydrogen-bond acceptors (Lipinski definition) is 4. The molecule has 4 aromatic rings. The van der Waals surface area contributed by atoms with Crippen molar-refractivity contribution >= 4 is 16.9 Å². The summed E-state index contributed by atoms with van der Waals surface area (Å²) in [6, 6.07) is 15.2. The molecule has 5 heteroatoms. The third-order valence-corrected chi connectivity index (χ3v) is 4.19. The molecule has 0 aliphatic heterocycles. The van der Waals surface area contributed by atoms with Crippen LogP contribution in [0.15, 0.2) is 84.0 Å². The number of amides is 1. The van der Waals surface area contributed by atoms with Gasteiger partial charge in [-0.05, 0) is 29.3 Å². The molecule has 5 nitrogen and oxygen atoms in total. The molecule has 26 heavy (non-hydrogen) atoms. The van der Waals surface area contributed by atoms with Crippen LogP contribution in [-0.4, -0.2) is 20.8 Å². The standard InChI is InChI=1S/C21H17N3O2/c25-21(19-15-26-20-8-2-1-7-18(19)20)24(13-16-5-3-9-22-11-16)14-17-6-4-10-23-12-17/h1-12,15H,13-14H2. The molecule has 0 radical (unpaired) electrons. The van der Waals surface area contributed by atoms with E-state index in [0.717, 1.165) is 16.5 Å². The normalized spacial score (nSPS) is 10.8. The molecule has 0 unspecified atom stereocenters. The van der Waals surface area contributed by atoms with Crippen LogP contribution in [0.1, 0.15) is 21.5 Å². The molecule has 0 aliphatic carbocycles. The smallest absolute Gasteiger partial charge is 0.258 e. The van der Waals surface area contributed by atoms with Gasteiger partial charge in [0.2, 0.25) is 0 Å². The molecule has 0 bridgehead atoms. The van der Waals surface area contributed by atoms with Crippen molar-refractivity contribution in [1.29, 1.82) is 0 Å². The van der Waals surface area contributed by atoms with Crippen molar-refractivity contribution in [2.75, 3.05) is 0 Å². The summed E-state index contributed by atoms with van der Waals surface area (Å²) in [6.07, 6.45) is 8.53. The average molecular weight is 343 g/mol. The van der Waals surface area contributed by atoms with Gasteiger partial charge < -0.3 is 9.32 Å². The Morgan fingerprint density at radius 2 is 1.54 bits per heavy atom. The molecule has 0 atom stereocenters. The number of carbonyl (C=O) groups is 1. The molecule has 4 rings (SSSR count). The summed E-state index contributed by atoms with van der Waals surface area (Å²) in [5.41, 5.74) is 3.21. The van der Waals surface area contributed by atoms with E-state index in [-0.39, 0.29) is 5.91 Å². The minimum absolute atomic E-state index is 0.0809. The Morgan fingerprint density at radius 1 is 0.885 bits per heavy atom. The maximum Gasteiger partial charge on any atom is 0.258 e. The average Bonchev–Trinajstić information content (AvgIpc) is 3.13. The fraction of sp³-hybridized carbons (Fsp3) is 0.0952. The largest absolute Gasteiger partial charge is 0.463 e. The van der Waals surface area contributed by atoms with Gasteiger partial charge in [-0.15, -0.1) is 0 Å². The van der Waals surface area contributed by atoms with Gasteiger partial charge in [-0.25, -0.2) is 0 Å². The Labute approximate surface area is 150 Å². The number of para-hydroxylation sites is 1. The Hall–Kier alpha value is -3.47. The van der Waals surface area contributed by atoms with E-state index in [4.69, 9.17) is 4.42 Å². The first-order chi connectivity index (χ1) is 12.8. The second-order valence-corrected chi connectivity index (χ2v) is 6.03. The van der Waals surface area contributed by atoms with Gasteiger partial charge in [0.05, 0.1) is 5.56 Å². The van der Waals surface area contributed by atoms with Gasteiger partial charge in [-0.2, -0.15) is 0 Å². The minimum Gasteiger partial charge on any atom is -0.463 e. The van der Waals surface area contributed by atoms with Crippen molar-refractivity contribution in [3.8, 4) is 0 Å². The van der Waals surface area contributed by atoms with E-state index in [2.05, 4.69) is 9.97 Å². The van der Waals surface area contributed by atoms with Crippen LogP contribution in [0.2, 0.25) is 0 Å². The van der Waals surface area contributed by atoms with E-state index >= 15 is 0 Å². The molecule has 0 saturated heterocycles. The highest BCUT2D eigenvalue weighted by Gasteiger charge is 2.21. The van der Waals surface area contributed by atoms with Crippen LogP contribution >= 0.6 is 0 Å². The summed E-state index contributed by atoms with van der Waals surface area (Å²) >= 11 is 0. The van der Waals surface area contributed by atoms with E-state index in [0.29, 0.717) is 24.2 Å². The first-order valence-corrected chi connectivity index (χ1v) is 8.34. The first kappa shape index (κ1) is 16.0. The number of pyridine rings is 2. The Bertz CT molecular complexity index is 972. The fourth-order valence-electron chi connectivity index (χ4n) is 2.94. The third-order valence-electron chi connectivity index (χ3n) is 4.19. The molecule has 1 amide bonds. The summed E-state index contributed by atoms with van der Waals surface area (Å²) in [5.74, 6) is -0.0809. The van der Waals surface area contributed by atoms with Crippen LogP contribution < -0.4 is 0 Å². The Balaban J connectivity index is 1.68. The van der Waals surface area contributed by atoms with Crippen molar-refractivity contribution < 1.29 is 9.21 Å². The molecule has 3 heterocycles. The van der Waals surface area contributed by atoms with Crippen LogP contribution in [0.25, 0.3) is 11.0 Å². The summed E-state index contributed by atoms with van der Waals surface area (Å²) < 4.78 is 5.55. The maximum absolute atomic E-state index is 13.3. The van der Waals surface area contributed by atoms with Crippen LogP contribution in [0.5, 0.6) is 0 Å². The minimum atomic E-state index is -0.0809. The van der Waals surface area contributed by atoms with Gasteiger partial charge in [0, 0.05) is 43.3 Å².